The Morgan fingerprint density at radius 2 is 1.95 bits per heavy atom. The maximum Gasteiger partial charge on any atom is 0.420 e. The first-order valence-corrected chi connectivity index (χ1v) is 7.34. The van der Waals surface area contributed by atoms with Crippen LogP contribution in [0.5, 0.6) is 0 Å². The van der Waals surface area contributed by atoms with Crippen LogP contribution >= 0.6 is 0 Å². The van der Waals surface area contributed by atoms with E-state index < -0.39 is 17.8 Å². The van der Waals surface area contributed by atoms with Gasteiger partial charge in [0.25, 0.3) is 0 Å². The number of imide groups is 1. The van der Waals surface area contributed by atoms with Gasteiger partial charge < -0.3 is 14.4 Å². The van der Waals surface area contributed by atoms with Crippen molar-refractivity contribution in [1.82, 2.24) is 9.80 Å². The number of hydrogen-bond acceptors (Lipinski definition) is 5. The van der Waals surface area contributed by atoms with Crippen LogP contribution in [0.3, 0.4) is 0 Å². The summed E-state index contributed by atoms with van der Waals surface area (Å²) in [5, 5.41) is 0. The molecule has 6 nitrogen and oxygen atoms in total. The van der Waals surface area contributed by atoms with Gasteiger partial charge in [-0.05, 0) is 39.8 Å². The lowest BCUT2D eigenvalue weighted by Gasteiger charge is -2.24. The molecule has 0 radical (unpaired) electrons. The van der Waals surface area contributed by atoms with Crippen LogP contribution in [-0.4, -0.2) is 61.4 Å². The topological polar surface area (TPSA) is 59.1 Å². The molecule has 2 fully saturated rings. The first kappa shape index (κ1) is 15.1. The Morgan fingerprint density at radius 3 is 2.55 bits per heavy atom. The Morgan fingerprint density at radius 1 is 1.30 bits per heavy atom. The maximum atomic E-state index is 11.9. The highest BCUT2D eigenvalue weighted by atomic mass is 16.6. The highest BCUT2D eigenvalue weighted by molar-refractivity contribution is 5.89. The third kappa shape index (κ3) is 3.62. The van der Waals surface area contributed by atoms with Crippen molar-refractivity contribution in [3.8, 4) is 0 Å². The number of hydrogen-bond donors (Lipinski definition) is 0. The van der Waals surface area contributed by atoms with Gasteiger partial charge in [0.15, 0.2) is 0 Å². The number of rotatable bonds is 3. The molecule has 0 unspecified atom stereocenters. The van der Waals surface area contributed by atoms with E-state index in [1.807, 2.05) is 19.0 Å². The van der Waals surface area contributed by atoms with Gasteiger partial charge in [0.05, 0.1) is 6.54 Å². The molecule has 1 heterocycles. The molecule has 1 saturated carbocycles. The molecule has 2 aliphatic rings. The molecule has 0 N–H and O–H groups in total. The minimum Gasteiger partial charge on any atom is -0.448 e. The van der Waals surface area contributed by atoms with Crippen LogP contribution in [0.4, 0.5) is 9.59 Å². The van der Waals surface area contributed by atoms with Gasteiger partial charge in [0, 0.05) is 6.54 Å². The monoisotopic (exact) mass is 284 g/mol. The van der Waals surface area contributed by atoms with E-state index in [-0.39, 0.29) is 6.61 Å². The predicted molar refractivity (Wildman–Crippen MR) is 73.5 cm³/mol. The first-order valence-electron chi connectivity index (χ1n) is 7.34. The lowest BCUT2D eigenvalue weighted by Crippen LogP contribution is -2.37. The molecule has 2 rings (SSSR count). The van der Waals surface area contributed by atoms with E-state index in [2.05, 4.69) is 0 Å². The van der Waals surface area contributed by atoms with Crippen molar-refractivity contribution in [2.24, 2.45) is 0 Å². The predicted octanol–water partition coefficient (Wildman–Crippen LogP) is 2.23. The molecule has 20 heavy (non-hydrogen) atoms. The molecule has 2 amide bonds. The summed E-state index contributed by atoms with van der Waals surface area (Å²) in [6, 6.07) is 0. The summed E-state index contributed by atoms with van der Waals surface area (Å²) >= 11 is 0. The number of amides is 2. The molecule has 1 saturated heterocycles. The fourth-order valence-electron chi connectivity index (χ4n) is 2.79. The maximum absolute atomic E-state index is 11.9. The van der Waals surface area contributed by atoms with Crippen LogP contribution in [0, 0.1) is 0 Å². The summed E-state index contributed by atoms with van der Waals surface area (Å²) < 4.78 is 10.6. The molecule has 0 bridgehead atoms. The first-order chi connectivity index (χ1) is 9.52. The van der Waals surface area contributed by atoms with Crippen molar-refractivity contribution in [2.75, 3.05) is 33.8 Å². The molecule has 114 valence electrons. The third-order valence-corrected chi connectivity index (χ3v) is 3.97. The zero-order chi connectivity index (χ0) is 14.6. The molecular weight excluding hydrogens is 260 g/mol. The standard InChI is InChI=1S/C14H24N2O4/c1-15(2)9-10-19-12(17)16-11-14(20-13(16)18)7-5-3-4-6-8-14/h3-11H2,1-2H3. The number of ether oxygens (including phenoxy) is 2. The van der Waals surface area contributed by atoms with Crippen molar-refractivity contribution >= 4 is 12.2 Å². The zero-order valence-corrected chi connectivity index (χ0v) is 12.4. The Kier molecular flexibility index (Phi) is 4.86. The van der Waals surface area contributed by atoms with Crippen molar-refractivity contribution in [3.05, 3.63) is 0 Å². The second-order valence-corrected chi connectivity index (χ2v) is 5.97. The second kappa shape index (κ2) is 6.43. The molecule has 0 aromatic carbocycles. The Labute approximate surface area is 120 Å². The van der Waals surface area contributed by atoms with E-state index in [1.54, 1.807) is 0 Å². The van der Waals surface area contributed by atoms with Crippen molar-refractivity contribution in [1.29, 1.82) is 0 Å². The van der Waals surface area contributed by atoms with Crippen LogP contribution < -0.4 is 0 Å². The van der Waals surface area contributed by atoms with Crippen molar-refractivity contribution in [3.63, 3.8) is 0 Å². The quantitative estimate of drug-likeness (QED) is 0.795. The van der Waals surface area contributed by atoms with E-state index in [0.29, 0.717) is 13.1 Å². The Bertz CT molecular complexity index is 362. The van der Waals surface area contributed by atoms with Gasteiger partial charge in [-0.3, -0.25) is 0 Å². The fraction of sp³-hybridized carbons (Fsp3) is 0.857. The average molecular weight is 284 g/mol. The smallest absolute Gasteiger partial charge is 0.420 e. The van der Waals surface area contributed by atoms with Gasteiger partial charge in [-0.2, -0.15) is 0 Å². The molecule has 0 aromatic rings. The SMILES string of the molecule is CN(C)CCOC(=O)N1CC2(CCCCCC2)OC1=O. The van der Waals surface area contributed by atoms with Crippen LogP contribution in [0.2, 0.25) is 0 Å². The fourth-order valence-corrected chi connectivity index (χ4v) is 2.79. The lowest BCUT2D eigenvalue weighted by atomic mass is 9.95. The Hall–Kier alpha value is -1.30. The molecule has 0 atom stereocenters. The van der Waals surface area contributed by atoms with Gasteiger partial charge in [-0.25, -0.2) is 14.5 Å². The van der Waals surface area contributed by atoms with E-state index in [1.165, 1.54) is 12.8 Å². The van der Waals surface area contributed by atoms with Gasteiger partial charge >= 0.3 is 12.2 Å². The number of carbonyl (C=O) groups is 2. The van der Waals surface area contributed by atoms with Crippen LogP contribution in [0.15, 0.2) is 0 Å². The number of carbonyl (C=O) groups excluding carboxylic acids is 2. The minimum absolute atomic E-state index is 0.280. The van der Waals surface area contributed by atoms with E-state index in [0.717, 1.165) is 30.6 Å². The van der Waals surface area contributed by atoms with Gasteiger partial charge in [-0.15, -0.1) is 0 Å². The molecule has 6 heteroatoms. The van der Waals surface area contributed by atoms with Gasteiger partial charge in [0.2, 0.25) is 0 Å². The molecular formula is C14H24N2O4. The van der Waals surface area contributed by atoms with E-state index >= 15 is 0 Å². The van der Waals surface area contributed by atoms with Gasteiger partial charge in [0.1, 0.15) is 12.2 Å². The largest absolute Gasteiger partial charge is 0.448 e. The average Bonchev–Trinajstić information content (AvgIpc) is 2.56. The summed E-state index contributed by atoms with van der Waals surface area (Å²) in [5.41, 5.74) is -0.464. The minimum atomic E-state index is -0.585. The second-order valence-electron chi connectivity index (χ2n) is 5.97. The van der Waals surface area contributed by atoms with Crippen LogP contribution in [0.1, 0.15) is 38.5 Å². The molecule has 1 aliphatic heterocycles. The van der Waals surface area contributed by atoms with E-state index in [4.69, 9.17) is 9.47 Å². The Balaban J connectivity index is 1.89. The highest BCUT2D eigenvalue weighted by Crippen LogP contribution is 2.36. The summed E-state index contributed by atoms with van der Waals surface area (Å²) in [7, 11) is 3.80. The molecule has 0 aromatic heterocycles. The van der Waals surface area contributed by atoms with Crippen LogP contribution in [-0.2, 0) is 9.47 Å². The van der Waals surface area contributed by atoms with Crippen LogP contribution in [0.25, 0.3) is 0 Å². The highest BCUT2D eigenvalue weighted by Gasteiger charge is 2.47. The number of nitrogens with zero attached hydrogens (tertiary/aromatic N) is 2. The number of likely N-dealkylation sites (N-methyl/N-ethyl adjacent to an activating group) is 1. The van der Waals surface area contributed by atoms with Gasteiger partial charge in [-0.1, -0.05) is 12.8 Å². The van der Waals surface area contributed by atoms with Crippen molar-refractivity contribution < 1.29 is 19.1 Å². The normalized spacial score (nSPS) is 21.9. The summed E-state index contributed by atoms with van der Waals surface area (Å²) in [6.45, 7) is 1.26. The zero-order valence-electron chi connectivity index (χ0n) is 12.4. The molecule has 1 aliphatic carbocycles. The third-order valence-electron chi connectivity index (χ3n) is 3.97. The summed E-state index contributed by atoms with van der Waals surface area (Å²) in [4.78, 5) is 26.9. The molecule has 1 spiro atoms. The van der Waals surface area contributed by atoms with E-state index in [9.17, 15) is 9.59 Å². The summed E-state index contributed by atoms with van der Waals surface area (Å²) in [5.74, 6) is 0. The van der Waals surface area contributed by atoms with Crippen molar-refractivity contribution in [2.45, 2.75) is 44.1 Å². The lowest BCUT2D eigenvalue weighted by molar-refractivity contribution is 0.0443. The summed E-state index contributed by atoms with van der Waals surface area (Å²) in [6.07, 6.45) is 5.01.